The lowest BCUT2D eigenvalue weighted by molar-refractivity contribution is 0.0815. The zero-order valence-electron chi connectivity index (χ0n) is 11.9. The van der Waals surface area contributed by atoms with Crippen molar-refractivity contribution in [2.75, 3.05) is 26.3 Å². The minimum atomic E-state index is 0.221. The summed E-state index contributed by atoms with van der Waals surface area (Å²) in [5.74, 6) is 1.10. The van der Waals surface area contributed by atoms with E-state index in [1.165, 1.54) is 0 Å². The predicted octanol–water partition coefficient (Wildman–Crippen LogP) is 1.87. The molecule has 110 valence electrons. The second-order valence-electron chi connectivity index (χ2n) is 5.69. The van der Waals surface area contributed by atoms with Gasteiger partial charge in [0.2, 0.25) is 5.88 Å². The van der Waals surface area contributed by atoms with E-state index < -0.39 is 0 Å². The van der Waals surface area contributed by atoms with Crippen molar-refractivity contribution in [1.82, 2.24) is 15.3 Å². The summed E-state index contributed by atoms with van der Waals surface area (Å²) in [6.45, 7) is 3.37. The van der Waals surface area contributed by atoms with Crippen molar-refractivity contribution in [2.45, 2.75) is 24.9 Å². The Kier molecular flexibility index (Phi) is 3.45. The van der Waals surface area contributed by atoms with Gasteiger partial charge in [-0.1, -0.05) is 12.1 Å². The molecule has 1 aromatic carbocycles. The molecule has 21 heavy (non-hydrogen) atoms. The van der Waals surface area contributed by atoms with Gasteiger partial charge in [-0.15, -0.1) is 0 Å². The average molecular weight is 285 g/mol. The van der Waals surface area contributed by atoms with Crippen LogP contribution in [0.15, 0.2) is 24.3 Å². The quantitative estimate of drug-likeness (QED) is 0.933. The topological polar surface area (TPSA) is 56.3 Å². The van der Waals surface area contributed by atoms with Crippen LogP contribution in [0.25, 0.3) is 11.0 Å². The number of hydrogen-bond acceptors (Lipinski definition) is 5. The number of hydrogen-bond donors (Lipinski definition) is 1. The fourth-order valence-corrected chi connectivity index (χ4v) is 2.82. The lowest BCUT2D eigenvalue weighted by Gasteiger charge is -2.29. The number of fused-ring (bicyclic) bond motifs is 1. The maximum Gasteiger partial charge on any atom is 0.236 e. The molecule has 2 aliphatic rings. The van der Waals surface area contributed by atoms with Gasteiger partial charge in [-0.3, -0.25) is 0 Å². The Morgan fingerprint density at radius 1 is 1.05 bits per heavy atom. The number of para-hydroxylation sites is 2. The summed E-state index contributed by atoms with van der Waals surface area (Å²) < 4.78 is 11.5. The highest BCUT2D eigenvalue weighted by molar-refractivity contribution is 5.74. The van der Waals surface area contributed by atoms with E-state index >= 15 is 0 Å². The van der Waals surface area contributed by atoms with Crippen LogP contribution >= 0.6 is 0 Å². The molecule has 2 aromatic rings. The van der Waals surface area contributed by atoms with Crippen LogP contribution in [0.3, 0.4) is 0 Å². The van der Waals surface area contributed by atoms with Crippen LogP contribution < -0.4 is 10.1 Å². The Hall–Kier alpha value is -1.72. The predicted molar refractivity (Wildman–Crippen MR) is 79.6 cm³/mol. The number of aromatic nitrogens is 2. The van der Waals surface area contributed by atoms with Gasteiger partial charge in [0.05, 0.1) is 11.0 Å². The molecule has 0 amide bonds. The first-order chi connectivity index (χ1) is 10.4. The summed E-state index contributed by atoms with van der Waals surface area (Å²) in [4.78, 5) is 9.57. The second-order valence-corrected chi connectivity index (χ2v) is 5.69. The van der Waals surface area contributed by atoms with Crippen molar-refractivity contribution < 1.29 is 9.47 Å². The highest BCUT2D eigenvalue weighted by Gasteiger charge is 2.26. The molecular formula is C16H19N3O2. The highest BCUT2D eigenvalue weighted by Crippen LogP contribution is 2.33. The van der Waals surface area contributed by atoms with Crippen molar-refractivity contribution >= 4 is 11.0 Å². The Bertz CT molecular complexity index is 636. The number of nitrogens with zero attached hydrogens (tertiary/aromatic N) is 2. The summed E-state index contributed by atoms with van der Waals surface area (Å²) in [5.41, 5.74) is 2.84. The molecule has 1 aromatic heterocycles. The van der Waals surface area contributed by atoms with Gasteiger partial charge in [-0.25, -0.2) is 9.97 Å². The van der Waals surface area contributed by atoms with Crippen LogP contribution in [0.2, 0.25) is 0 Å². The highest BCUT2D eigenvalue weighted by atomic mass is 16.5. The molecule has 4 rings (SSSR count). The van der Waals surface area contributed by atoms with Crippen molar-refractivity contribution in [3.05, 3.63) is 30.0 Å². The SMILES string of the molecule is c1ccc2nc(C3CCOCC3)c(OC3CNC3)nc2c1. The summed E-state index contributed by atoms with van der Waals surface area (Å²) >= 11 is 0. The first-order valence-electron chi connectivity index (χ1n) is 7.62. The lowest BCUT2D eigenvalue weighted by atomic mass is 9.96. The standard InChI is InChI=1S/C16H19N3O2/c1-2-4-14-13(3-1)18-15(11-5-7-20-8-6-11)16(19-14)21-12-9-17-10-12/h1-4,11-12,17H,5-10H2. The minimum absolute atomic E-state index is 0.221. The molecule has 1 N–H and O–H groups in total. The third-order valence-electron chi connectivity index (χ3n) is 4.19. The van der Waals surface area contributed by atoms with Crippen LogP contribution in [-0.4, -0.2) is 42.4 Å². The van der Waals surface area contributed by atoms with E-state index in [0.717, 1.165) is 55.9 Å². The summed E-state index contributed by atoms with van der Waals surface area (Å²) in [6, 6.07) is 7.99. The van der Waals surface area contributed by atoms with E-state index in [0.29, 0.717) is 11.8 Å². The molecule has 0 saturated carbocycles. The molecule has 0 radical (unpaired) electrons. The second kappa shape index (κ2) is 5.58. The molecule has 0 unspecified atom stereocenters. The maximum absolute atomic E-state index is 6.07. The van der Waals surface area contributed by atoms with Crippen LogP contribution in [0, 0.1) is 0 Å². The molecule has 3 heterocycles. The molecule has 2 aliphatic heterocycles. The Labute approximate surface area is 123 Å². The molecule has 0 bridgehead atoms. The summed E-state index contributed by atoms with van der Waals surface area (Å²) in [5, 5.41) is 3.22. The van der Waals surface area contributed by atoms with Gasteiger partial charge in [-0.05, 0) is 25.0 Å². The maximum atomic E-state index is 6.07. The lowest BCUT2D eigenvalue weighted by Crippen LogP contribution is -2.50. The first kappa shape index (κ1) is 13.0. The van der Waals surface area contributed by atoms with Crippen LogP contribution in [0.4, 0.5) is 0 Å². The van der Waals surface area contributed by atoms with Crippen molar-refractivity contribution in [3.63, 3.8) is 0 Å². The van der Waals surface area contributed by atoms with Gasteiger partial charge in [0.25, 0.3) is 0 Å². The third-order valence-corrected chi connectivity index (χ3v) is 4.19. The largest absolute Gasteiger partial charge is 0.470 e. The van der Waals surface area contributed by atoms with Crippen LogP contribution in [-0.2, 0) is 4.74 Å². The summed E-state index contributed by atoms with van der Waals surface area (Å²) in [7, 11) is 0. The monoisotopic (exact) mass is 285 g/mol. The van der Waals surface area contributed by atoms with Gasteiger partial charge in [0.15, 0.2) is 0 Å². The van der Waals surface area contributed by atoms with E-state index in [-0.39, 0.29) is 6.10 Å². The third kappa shape index (κ3) is 2.59. The fourth-order valence-electron chi connectivity index (χ4n) is 2.82. The van der Waals surface area contributed by atoms with E-state index in [1.807, 2.05) is 24.3 Å². The van der Waals surface area contributed by atoms with Gasteiger partial charge in [-0.2, -0.15) is 0 Å². The zero-order valence-corrected chi connectivity index (χ0v) is 11.9. The molecular weight excluding hydrogens is 266 g/mol. The number of nitrogens with one attached hydrogen (secondary N) is 1. The van der Waals surface area contributed by atoms with Gasteiger partial charge >= 0.3 is 0 Å². The van der Waals surface area contributed by atoms with Crippen LogP contribution in [0.5, 0.6) is 5.88 Å². The fraction of sp³-hybridized carbons (Fsp3) is 0.500. The normalized spacial score (nSPS) is 20.4. The Balaban J connectivity index is 1.74. The molecule has 0 aliphatic carbocycles. The number of benzene rings is 1. The Morgan fingerprint density at radius 3 is 2.43 bits per heavy atom. The first-order valence-corrected chi connectivity index (χ1v) is 7.62. The van der Waals surface area contributed by atoms with Gasteiger partial charge in [0.1, 0.15) is 11.8 Å². The molecule has 0 spiro atoms. The van der Waals surface area contributed by atoms with Crippen LogP contribution in [0.1, 0.15) is 24.5 Å². The van der Waals surface area contributed by atoms with E-state index in [2.05, 4.69) is 5.32 Å². The Morgan fingerprint density at radius 2 is 1.76 bits per heavy atom. The molecule has 2 fully saturated rings. The number of ether oxygens (including phenoxy) is 2. The van der Waals surface area contributed by atoms with E-state index in [1.54, 1.807) is 0 Å². The molecule has 2 saturated heterocycles. The average Bonchev–Trinajstić information content (AvgIpc) is 2.51. The van der Waals surface area contributed by atoms with Crippen molar-refractivity contribution in [2.24, 2.45) is 0 Å². The number of rotatable bonds is 3. The minimum Gasteiger partial charge on any atom is -0.470 e. The molecule has 5 nitrogen and oxygen atoms in total. The molecule has 0 atom stereocenters. The van der Waals surface area contributed by atoms with E-state index in [9.17, 15) is 0 Å². The molecule has 5 heteroatoms. The van der Waals surface area contributed by atoms with Crippen molar-refractivity contribution in [1.29, 1.82) is 0 Å². The van der Waals surface area contributed by atoms with Gasteiger partial charge in [0, 0.05) is 32.2 Å². The summed E-state index contributed by atoms with van der Waals surface area (Å²) in [6.07, 6.45) is 2.21. The van der Waals surface area contributed by atoms with Gasteiger partial charge < -0.3 is 14.8 Å². The van der Waals surface area contributed by atoms with E-state index in [4.69, 9.17) is 19.4 Å². The van der Waals surface area contributed by atoms with Crippen molar-refractivity contribution in [3.8, 4) is 5.88 Å². The zero-order chi connectivity index (χ0) is 14.1. The smallest absolute Gasteiger partial charge is 0.236 e.